The highest BCUT2D eigenvalue weighted by Gasteiger charge is 2.11. The molecule has 2 rings (SSSR count). The van der Waals surface area contributed by atoms with Crippen LogP contribution in [-0.4, -0.2) is 12.8 Å². The average molecular weight is 271 g/mol. The van der Waals surface area contributed by atoms with Gasteiger partial charge in [-0.3, -0.25) is 0 Å². The molecular weight excluding hydrogens is 254 g/mol. The van der Waals surface area contributed by atoms with Crippen LogP contribution in [0, 0.1) is 6.92 Å². The Bertz CT molecular complexity index is 582. The quantitative estimate of drug-likeness (QED) is 0.393. The molecule has 0 bridgehead atoms. The largest absolute Gasteiger partial charge is 0.435 e. The van der Waals surface area contributed by atoms with Gasteiger partial charge in [0.05, 0.1) is 12.2 Å². The Kier molecular flexibility index (Phi) is 4.74. The Morgan fingerprint density at radius 3 is 2.65 bits per heavy atom. The van der Waals surface area contributed by atoms with Crippen molar-refractivity contribution in [2.75, 3.05) is 12.5 Å². The molecule has 4 heteroatoms. The monoisotopic (exact) mass is 271 g/mol. The Hall–Kier alpha value is -2.33. The van der Waals surface area contributed by atoms with E-state index in [4.69, 9.17) is 15.2 Å². The summed E-state index contributed by atoms with van der Waals surface area (Å²) in [6, 6.07) is 14.9. The van der Waals surface area contributed by atoms with Gasteiger partial charge in [-0.15, -0.1) is 0 Å². The third kappa shape index (κ3) is 3.83. The molecule has 4 nitrogen and oxygen atoms in total. The number of carbonyl (C=O) groups excluding carboxylic acids is 1. The van der Waals surface area contributed by atoms with Crippen molar-refractivity contribution in [2.24, 2.45) is 0 Å². The summed E-state index contributed by atoms with van der Waals surface area (Å²) in [7, 11) is 0. The summed E-state index contributed by atoms with van der Waals surface area (Å²) < 4.78 is 10.3. The second kappa shape index (κ2) is 6.73. The van der Waals surface area contributed by atoms with E-state index >= 15 is 0 Å². The molecule has 20 heavy (non-hydrogen) atoms. The van der Waals surface area contributed by atoms with Gasteiger partial charge in [-0.25, -0.2) is 4.79 Å². The van der Waals surface area contributed by atoms with Crippen molar-refractivity contribution in [3.63, 3.8) is 0 Å². The molecule has 2 N–H and O–H groups in total. The molecule has 0 unspecified atom stereocenters. The zero-order valence-electron chi connectivity index (χ0n) is 11.3. The Balaban J connectivity index is 1.82. The molecule has 0 aliphatic heterocycles. The van der Waals surface area contributed by atoms with E-state index in [9.17, 15) is 4.79 Å². The Labute approximate surface area is 118 Å². The van der Waals surface area contributed by atoms with Crippen LogP contribution < -0.4 is 5.73 Å². The van der Waals surface area contributed by atoms with Gasteiger partial charge in [0.2, 0.25) is 0 Å². The van der Waals surface area contributed by atoms with E-state index in [2.05, 4.69) is 0 Å². The van der Waals surface area contributed by atoms with Crippen LogP contribution >= 0.6 is 0 Å². The molecule has 0 aliphatic carbocycles. The number of nitrogen functional groups attached to an aromatic ring is 1. The summed E-state index contributed by atoms with van der Waals surface area (Å²) in [4.78, 5) is 11.8. The number of aryl methyl sites for hydroxylation is 1. The number of nitrogens with two attached hydrogens (primary N) is 1. The van der Waals surface area contributed by atoms with Crippen molar-refractivity contribution in [3.8, 4) is 0 Å². The summed E-state index contributed by atoms with van der Waals surface area (Å²) in [5.41, 5.74) is 8.50. The number of hydrogen-bond acceptors (Lipinski definition) is 4. The van der Waals surface area contributed by atoms with Gasteiger partial charge < -0.3 is 15.2 Å². The average Bonchev–Trinajstić information content (AvgIpc) is 2.47. The third-order valence-corrected chi connectivity index (χ3v) is 2.81. The maximum Gasteiger partial charge on any atom is 0.342 e. The zero-order valence-corrected chi connectivity index (χ0v) is 11.3. The molecule has 0 radical (unpaired) electrons. The molecule has 0 aliphatic rings. The number of esters is 1. The first-order chi connectivity index (χ1) is 9.66. The second-order valence-corrected chi connectivity index (χ2v) is 4.47. The minimum Gasteiger partial charge on any atom is -0.435 e. The van der Waals surface area contributed by atoms with Crippen LogP contribution in [0.5, 0.6) is 0 Å². The van der Waals surface area contributed by atoms with Crippen LogP contribution in [-0.2, 0) is 16.1 Å². The Morgan fingerprint density at radius 2 is 1.90 bits per heavy atom. The van der Waals surface area contributed by atoms with Gasteiger partial charge in [0.15, 0.2) is 6.79 Å². The number of hydrogen-bond donors (Lipinski definition) is 1. The van der Waals surface area contributed by atoms with Crippen LogP contribution in [0.2, 0.25) is 0 Å². The summed E-state index contributed by atoms with van der Waals surface area (Å²) in [5, 5.41) is 0. The second-order valence-electron chi connectivity index (χ2n) is 4.47. The summed E-state index contributed by atoms with van der Waals surface area (Å²) >= 11 is 0. The molecule has 0 amide bonds. The van der Waals surface area contributed by atoms with E-state index < -0.39 is 5.97 Å². The molecule has 0 saturated heterocycles. The predicted molar refractivity (Wildman–Crippen MR) is 77.1 cm³/mol. The Morgan fingerprint density at radius 1 is 1.15 bits per heavy atom. The molecule has 0 aromatic heterocycles. The topological polar surface area (TPSA) is 61.6 Å². The SMILES string of the molecule is Cc1ccc(N)c(C(=O)OCOCc2ccccc2)c1. The van der Waals surface area contributed by atoms with Crippen molar-refractivity contribution in [3.05, 3.63) is 65.2 Å². The van der Waals surface area contributed by atoms with E-state index in [0.29, 0.717) is 17.9 Å². The lowest BCUT2D eigenvalue weighted by Crippen LogP contribution is -2.11. The van der Waals surface area contributed by atoms with Crippen molar-refractivity contribution in [1.29, 1.82) is 0 Å². The number of carbonyl (C=O) groups is 1. The van der Waals surface area contributed by atoms with Crippen molar-refractivity contribution < 1.29 is 14.3 Å². The van der Waals surface area contributed by atoms with Crippen LogP contribution in [0.25, 0.3) is 0 Å². The smallest absolute Gasteiger partial charge is 0.342 e. The minimum absolute atomic E-state index is 0.0961. The molecule has 0 saturated carbocycles. The van der Waals surface area contributed by atoms with Gasteiger partial charge in [0.1, 0.15) is 0 Å². The van der Waals surface area contributed by atoms with Crippen molar-refractivity contribution in [1.82, 2.24) is 0 Å². The van der Waals surface area contributed by atoms with E-state index in [1.165, 1.54) is 0 Å². The van der Waals surface area contributed by atoms with Gasteiger partial charge in [0, 0.05) is 5.69 Å². The van der Waals surface area contributed by atoms with Gasteiger partial charge in [0.25, 0.3) is 0 Å². The van der Waals surface area contributed by atoms with E-state index in [0.717, 1.165) is 11.1 Å². The predicted octanol–water partition coefficient (Wildman–Crippen LogP) is 2.91. The summed E-state index contributed by atoms with van der Waals surface area (Å²) in [5.74, 6) is -0.473. The first-order valence-corrected chi connectivity index (χ1v) is 6.32. The lowest BCUT2D eigenvalue weighted by Gasteiger charge is -2.08. The van der Waals surface area contributed by atoms with Crippen LogP contribution in [0.3, 0.4) is 0 Å². The first kappa shape index (κ1) is 14.1. The molecule has 0 heterocycles. The molecule has 104 valence electrons. The maximum absolute atomic E-state index is 11.8. The molecule has 0 fully saturated rings. The molecule has 2 aromatic carbocycles. The van der Waals surface area contributed by atoms with Crippen LogP contribution in [0.1, 0.15) is 21.5 Å². The van der Waals surface area contributed by atoms with E-state index in [-0.39, 0.29) is 6.79 Å². The first-order valence-electron chi connectivity index (χ1n) is 6.32. The highest BCUT2D eigenvalue weighted by molar-refractivity contribution is 5.95. The minimum atomic E-state index is -0.473. The highest BCUT2D eigenvalue weighted by Crippen LogP contribution is 2.15. The molecule has 0 atom stereocenters. The molecular formula is C16H17NO3. The summed E-state index contributed by atoms with van der Waals surface area (Å²) in [6.07, 6.45) is 0. The van der Waals surface area contributed by atoms with Gasteiger partial charge in [-0.05, 0) is 24.6 Å². The normalized spacial score (nSPS) is 10.2. The summed E-state index contributed by atoms with van der Waals surface area (Å²) in [6.45, 7) is 2.20. The fourth-order valence-electron chi connectivity index (χ4n) is 1.75. The van der Waals surface area contributed by atoms with E-state index in [1.807, 2.05) is 43.3 Å². The third-order valence-electron chi connectivity index (χ3n) is 2.81. The fraction of sp³-hybridized carbons (Fsp3) is 0.188. The van der Waals surface area contributed by atoms with Gasteiger partial charge >= 0.3 is 5.97 Å². The maximum atomic E-state index is 11.8. The zero-order chi connectivity index (χ0) is 14.4. The number of benzene rings is 2. The molecule has 2 aromatic rings. The number of ether oxygens (including phenoxy) is 2. The van der Waals surface area contributed by atoms with Crippen molar-refractivity contribution in [2.45, 2.75) is 13.5 Å². The number of anilines is 1. The molecule has 0 spiro atoms. The lowest BCUT2D eigenvalue weighted by molar-refractivity contribution is -0.0380. The van der Waals surface area contributed by atoms with Crippen LogP contribution in [0.4, 0.5) is 5.69 Å². The lowest BCUT2D eigenvalue weighted by atomic mass is 10.1. The number of rotatable bonds is 5. The fourth-order valence-corrected chi connectivity index (χ4v) is 1.75. The standard InChI is InChI=1S/C16H17NO3/c1-12-7-8-15(17)14(9-12)16(18)20-11-19-10-13-5-3-2-4-6-13/h2-9H,10-11,17H2,1H3. The van der Waals surface area contributed by atoms with E-state index in [1.54, 1.807) is 12.1 Å². The van der Waals surface area contributed by atoms with Gasteiger partial charge in [-0.2, -0.15) is 0 Å². The highest BCUT2D eigenvalue weighted by atomic mass is 16.7. The van der Waals surface area contributed by atoms with Crippen molar-refractivity contribution >= 4 is 11.7 Å². The van der Waals surface area contributed by atoms with Gasteiger partial charge in [-0.1, -0.05) is 42.0 Å². The van der Waals surface area contributed by atoms with Crippen LogP contribution in [0.15, 0.2) is 48.5 Å².